The van der Waals surface area contributed by atoms with Crippen LogP contribution in [-0.4, -0.2) is 15.7 Å². The molecular formula is C16H19N3O. The fraction of sp³-hybridized carbons (Fsp3) is 0.375. The van der Waals surface area contributed by atoms with Crippen molar-refractivity contribution in [2.24, 2.45) is 7.05 Å². The number of aryl methyl sites for hydroxylation is 2. The Morgan fingerprint density at radius 1 is 1.20 bits per heavy atom. The van der Waals surface area contributed by atoms with E-state index in [9.17, 15) is 4.79 Å². The Hall–Kier alpha value is -2.10. The van der Waals surface area contributed by atoms with Crippen molar-refractivity contribution >= 4 is 11.6 Å². The third-order valence-electron chi connectivity index (χ3n) is 3.78. The summed E-state index contributed by atoms with van der Waals surface area (Å²) in [4.78, 5) is 11.9. The number of aromatic nitrogens is 2. The van der Waals surface area contributed by atoms with E-state index in [1.807, 2.05) is 11.7 Å². The molecule has 4 heteroatoms. The Morgan fingerprint density at radius 2 is 2.05 bits per heavy atom. The molecule has 1 amide bonds. The van der Waals surface area contributed by atoms with E-state index in [0.29, 0.717) is 6.42 Å². The Bertz CT molecular complexity index is 630. The van der Waals surface area contributed by atoms with E-state index >= 15 is 0 Å². The molecular weight excluding hydrogens is 250 g/mol. The highest BCUT2D eigenvalue weighted by atomic mass is 16.1. The molecule has 1 aromatic carbocycles. The van der Waals surface area contributed by atoms with Gasteiger partial charge in [0.15, 0.2) is 0 Å². The number of hydrogen-bond donors (Lipinski definition) is 1. The van der Waals surface area contributed by atoms with Crippen molar-refractivity contribution in [1.82, 2.24) is 9.78 Å². The highest BCUT2D eigenvalue weighted by Crippen LogP contribution is 2.29. The Morgan fingerprint density at radius 3 is 2.95 bits per heavy atom. The van der Waals surface area contributed by atoms with Crippen LogP contribution in [-0.2, 0) is 18.3 Å². The summed E-state index contributed by atoms with van der Waals surface area (Å²) in [6.07, 6.45) is 6.56. The fourth-order valence-electron chi connectivity index (χ4n) is 2.75. The first-order chi connectivity index (χ1) is 9.74. The van der Waals surface area contributed by atoms with Gasteiger partial charge in [-0.25, -0.2) is 0 Å². The quantitative estimate of drug-likeness (QED) is 0.798. The minimum atomic E-state index is 0.0796. The van der Waals surface area contributed by atoms with Gasteiger partial charge in [0.25, 0.3) is 0 Å². The third-order valence-corrected chi connectivity index (χ3v) is 3.78. The molecule has 1 aromatic heterocycles. The topological polar surface area (TPSA) is 46.9 Å². The normalized spacial score (nSPS) is 15.8. The standard InChI is InChI=1S/C16H19N3O/c1-19-16-13-8-5-7-12(10-13)6-3-2-4-9-15(20)18-14(16)11-17-19/h5,7-8,10-11H,2-4,6,9H2,1H3,(H,18,20). The van der Waals surface area contributed by atoms with Gasteiger partial charge < -0.3 is 5.32 Å². The minimum absolute atomic E-state index is 0.0796. The minimum Gasteiger partial charge on any atom is -0.323 e. The maximum atomic E-state index is 11.9. The molecule has 0 atom stereocenters. The number of fused-ring (bicyclic) bond motifs is 4. The second-order valence-corrected chi connectivity index (χ2v) is 5.34. The molecule has 2 heterocycles. The lowest BCUT2D eigenvalue weighted by atomic mass is 10.0. The van der Waals surface area contributed by atoms with Gasteiger partial charge in [-0.1, -0.05) is 24.6 Å². The van der Waals surface area contributed by atoms with Crippen molar-refractivity contribution in [3.8, 4) is 11.3 Å². The number of benzene rings is 1. The zero-order chi connectivity index (χ0) is 13.9. The van der Waals surface area contributed by atoms with E-state index in [-0.39, 0.29) is 5.91 Å². The van der Waals surface area contributed by atoms with Gasteiger partial charge in [0.1, 0.15) is 0 Å². The van der Waals surface area contributed by atoms with Crippen LogP contribution in [0, 0.1) is 0 Å². The van der Waals surface area contributed by atoms with Gasteiger partial charge in [0.2, 0.25) is 5.91 Å². The number of nitrogens with one attached hydrogen (secondary N) is 1. The average Bonchev–Trinajstić information content (AvgIpc) is 2.78. The SMILES string of the molecule is Cn1ncc2c1-c1cccc(c1)CCCCCC(=O)N2. The highest BCUT2D eigenvalue weighted by Gasteiger charge is 2.14. The molecule has 1 aliphatic rings. The maximum absolute atomic E-state index is 11.9. The van der Waals surface area contributed by atoms with Crippen LogP contribution in [0.15, 0.2) is 30.5 Å². The van der Waals surface area contributed by atoms with Crippen molar-refractivity contribution in [2.75, 3.05) is 5.32 Å². The molecule has 20 heavy (non-hydrogen) atoms. The summed E-state index contributed by atoms with van der Waals surface area (Å²) in [6.45, 7) is 0. The van der Waals surface area contributed by atoms with Gasteiger partial charge in [-0.15, -0.1) is 0 Å². The number of hydrogen-bond acceptors (Lipinski definition) is 2. The summed E-state index contributed by atoms with van der Waals surface area (Å²) < 4.78 is 1.82. The number of nitrogens with zero attached hydrogens (tertiary/aromatic N) is 2. The van der Waals surface area contributed by atoms with Crippen LogP contribution >= 0.6 is 0 Å². The van der Waals surface area contributed by atoms with Gasteiger partial charge in [0, 0.05) is 19.0 Å². The number of anilines is 1. The van der Waals surface area contributed by atoms with Gasteiger partial charge in [-0.3, -0.25) is 9.48 Å². The molecule has 0 saturated carbocycles. The molecule has 0 fully saturated rings. The zero-order valence-corrected chi connectivity index (χ0v) is 11.7. The van der Waals surface area contributed by atoms with Crippen molar-refractivity contribution < 1.29 is 4.79 Å². The fourth-order valence-corrected chi connectivity index (χ4v) is 2.75. The molecule has 0 unspecified atom stereocenters. The van der Waals surface area contributed by atoms with E-state index in [4.69, 9.17) is 0 Å². The Balaban J connectivity index is 2.07. The summed E-state index contributed by atoms with van der Waals surface area (Å²) >= 11 is 0. The Kier molecular flexibility index (Phi) is 3.54. The van der Waals surface area contributed by atoms with Crippen LogP contribution in [0.3, 0.4) is 0 Å². The van der Waals surface area contributed by atoms with E-state index in [2.05, 4.69) is 34.7 Å². The maximum Gasteiger partial charge on any atom is 0.224 e. The second kappa shape index (κ2) is 5.49. The van der Waals surface area contributed by atoms with E-state index in [1.165, 1.54) is 5.56 Å². The second-order valence-electron chi connectivity index (χ2n) is 5.34. The van der Waals surface area contributed by atoms with Crippen molar-refractivity contribution in [1.29, 1.82) is 0 Å². The number of rotatable bonds is 0. The van der Waals surface area contributed by atoms with E-state index in [1.54, 1.807) is 6.20 Å². The predicted molar refractivity (Wildman–Crippen MR) is 79.4 cm³/mol. The Labute approximate surface area is 118 Å². The lowest BCUT2D eigenvalue weighted by Gasteiger charge is -2.11. The first kappa shape index (κ1) is 12.9. The van der Waals surface area contributed by atoms with Crippen LogP contribution in [0.2, 0.25) is 0 Å². The summed E-state index contributed by atoms with van der Waals surface area (Å²) in [6, 6.07) is 8.52. The molecule has 2 bridgehead atoms. The van der Waals surface area contributed by atoms with Gasteiger partial charge in [-0.2, -0.15) is 5.10 Å². The number of carbonyl (C=O) groups is 1. The lowest BCUT2D eigenvalue weighted by Crippen LogP contribution is -2.12. The van der Waals surface area contributed by atoms with Crippen LogP contribution in [0.25, 0.3) is 11.3 Å². The van der Waals surface area contributed by atoms with Crippen LogP contribution < -0.4 is 5.32 Å². The van der Waals surface area contributed by atoms with Crippen molar-refractivity contribution in [3.05, 3.63) is 36.0 Å². The van der Waals surface area contributed by atoms with Gasteiger partial charge in [0.05, 0.1) is 17.6 Å². The van der Waals surface area contributed by atoms with Crippen molar-refractivity contribution in [2.45, 2.75) is 32.1 Å². The molecule has 104 valence electrons. The molecule has 0 radical (unpaired) electrons. The number of amides is 1. The van der Waals surface area contributed by atoms with E-state index < -0.39 is 0 Å². The van der Waals surface area contributed by atoms with Crippen molar-refractivity contribution in [3.63, 3.8) is 0 Å². The first-order valence-electron chi connectivity index (χ1n) is 7.15. The molecule has 3 rings (SSSR count). The monoisotopic (exact) mass is 269 g/mol. The largest absolute Gasteiger partial charge is 0.323 e. The predicted octanol–water partition coefficient (Wildman–Crippen LogP) is 3.14. The summed E-state index contributed by atoms with van der Waals surface area (Å²) in [7, 11) is 1.91. The lowest BCUT2D eigenvalue weighted by molar-refractivity contribution is -0.116. The molecule has 2 aromatic rings. The third kappa shape index (κ3) is 2.59. The molecule has 0 spiro atoms. The zero-order valence-electron chi connectivity index (χ0n) is 11.7. The van der Waals surface area contributed by atoms with Gasteiger partial charge >= 0.3 is 0 Å². The molecule has 4 nitrogen and oxygen atoms in total. The van der Waals surface area contributed by atoms with Gasteiger partial charge in [-0.05, 0) is 30.9 Å². The van der Waals surface area contributed by atoms with Crippen LogP contribution in [0.4, 0.5) is 5.69 Å². The highest BCUT2D eigenvalue weighted by molar-refractivity contribution is 5.94. The average molecular weight is 269 g/mol. The summed E-state index contributed by atoms with van der Waals surface area (Å²) in [5, 5.41) is 7.27. The summed E-state index contributed by atoms with van der Waals surface area (Å²) in [5.74, 6) is 0.0796. The van der Waals surface area contributed by atoms with Crippen LogP contribution in [0.5, 0.6) is 0 Å². The molecule has 0 saturated heterocycles. The van der Waals surface area contributed by atoms with E-state index in [0.717, 1.165) is 42.6 Å². The van der Waals surface area contributed by atoms with Crippen LogP contribution in [0.1, 0.15) is 31.2 Å². The molecule has 1 N–H and O–H groups in total. The molecule has 1 aliphatic heterocycles. The number of carbonyl (C=O) groups excluding carboxylic acids is 1. The molecule has 0 aliphatic carbocycles. The first-order valence-corrected chi connectivity index (χ1v) is 7.15. The summed E-state index contributed by atoms with van der Waals surface area (Å²) in [5.41, 5.74) is 4.23. The smallest absolute Gasteiger partial charge is 0.224 e.